The summed E-state index contributed by atoms with van der Waals surface area (Å²) in [6, 6.07) is 4.51. The van der Waals surface area contributed by atoms with Gasteiger partial charge in [0.25, 0.3) is 0 Å². The van der Waals surface area contributed by atoms with Crippen LogP contribution < -0.4 is 0 Å². The maximum absolute atomic E-state index is 11.0. The molecular weight excluding hydrogens is 320 g/mol. The van der Waals surface area contributed by atoms with Crippen molar-refractivity contribution in [2.45, 2.75) is 82.7 Å². The lowest BCUT2D eigenvalue weighted by Gasteiger charge is -2.57. The molecule has 0 spiro atoms. The molecule has 26 heavy (non-hydrogen) atoms. The third kappa shape index (κ3) is 2.03. The molecule has 1 aromatic rings. The quantitative estimate of drug-likeness (QED) is 0.767. The first-order valence-corrected chi connectivity index (χ1v) is 11.0. The number of fused-ring (bicyclic) bond motifs is 2. The fraction of sp³-hybridized carbons (Fsp3) is 0.750. The predicted octanol–water partition coefficient (Wildman–Crippen LogP) is 4.74. The summed E-state index contributed by atoms with van der Waals surface area (Å²) in [5.41, 5.74) is 4.34. The number of phenols is 1. The normalized spacial score (nSPS) is 48.5. The van der Waals surface area contributed by atoms with Crippen molar-refractivity contribution in [2.75, 3.05) is 0 Å². The Balaban J connectivity index is 1.42. The third-order valence-electron chi connectivity index (χ3n) is 9.45. The average molecular weight is 353 g/mol. The highest BCUT2D eigenvalue weighted by Crippen LogP contribution is 2.62. The van der Waals surface area contributed by atoms with E-state index in [-0.39, 0.29) is 16.9 Å². The van der Waals surface area contributed by atoms with E-state index < -0.39 is 0 Å². The fourth-order valence-electron chi connectivity index (χ4n) is 8.46. The van der Waals surface area contributed by atoms with Gasteiger partial charge in [0.05, 0.1) is 6.10 Å². The molecule has 6 aliphatic rings. The lowest BCUT2D eigenvalue weighted by molar-refractivity contribution is -0.00633. The number of hydrogen-bond acceptors (Lipinski definition) is 2. The first-order valence-electron chi connectivity index (χ1n) is 11.0. The Morgan fingerprint density at radius 3 is 2.23 bits per heavy atom. The molecule has 1 aromatic carbocycles. The summed E-state index contributed by atoms with van der Waals surface area (Å²) in [4.78, 5) is 0. The monoisotopic (exact) mass is 352 g/mol. The molecule has 2 nitrogen and oxygen atoms in total. The van der Waals surface area contributed by atoms with E-state index in [2.05, 4.69) is 19.1 Å². The van der Waals surface area contributed by atoms with Gasteiger partial charge in [0, 0.05) is 11.0 Å². The summed E-state index contributed by atoms with van der Waals surface area (Å²) in [6.07, 6.45) is 12.2. The molecule has 0 aliphatic heterocycles. The number of aliphatic hydroxyl groups is 1. The van der Waals surface area contributed by atoms with Crippen LogP contribution >= 0.6 is 0 Å². The molecule has 0 heterocycles. The van der Waals surface area contributed by atoms with Gasteiger partial charge in [-0.3, -0.25) is 0 Å². The summed E-state index contributed by atoms with van der Waals surface area (Å²) in [5, 5.41) is 21.6. The summed E-state index contributed by atoms with van der Waals surface area (Å²) in [7, 11) is 0. The minimum atomic E-state index is -0.155. The molecule has 0 amide bonds. The van der Waals surface area contributed by atoms with Crippen LogP contribution in [0.5, 0.6) is 5.75 Å². The molecule has 0 unspecified atom stereocenters. The topological polar surface area (TPSA) is 40.5 Å². The lowest BCUT2D eigenvalue weighted by atomic mass is 9.47. The van der Waals surface area contributed by atoms with Gasteiger partial charge >= 0.3 is 0 Å². The maximum atomic E-state index is 11.0. The van der Waals surface area contributed by atoms with Crippen LogP contribution in [0.3, 0.4) is 0 Å². The molecule has 2 heteroatoms. The van der Waals surface area contributed by atoms with Gasteiger partial charge in [-0.15, -0.1) is 0 Å². The molecule has 3 atom stereocenters. The molecule has 2 N–H and O–H groups in total. The third-order valence-corrected chi connectivity index (χ3v) is 9.45. The number of hydrogen-bond donors (Lipinski definition) is 2. The number of phenolic OH excluding ortho intramolecular Hbond substituents is 1. The summed E-state index contributed by atoms with van der Waals surface area (Å²) in [6.45, 7) is 2.30. The predicted molar refractivity (Wildman–Crippen MR) is 102 cm³/mol. The van der Waals surface area contributed by atoms with Gasteiger partial charge in [-0.05, 0) is 110 Å². The van der Waals surface area contributed by atoms with Crippen LogP contribution in [0.15, 0.2) is 12.1 Å². The van der Waals surface area contributed by atoms with Gasteiger partial charge in [-0.1, -0.05) is 13.0 Å². The van der Waals surface area contributed by atoms with Crippen molar-refractivity contribution in [1.29, 1.82) is 0 Å². The minimum absolute atomic E-state index is 0.0444. The summed E-state index contributed by atoms with van der Waals surface area (Å²) in [5.74, 6) is 3.85. The average Bonchev–Trinajstić information content (AvgIpc) is 2.86. The highest BCUT2D eigenvalue weighted by atomic mass is 16.3. The van der Waals surface area contributed by atoms with E-state index in [1.165, 1.54) is 55.2 Å². The lowest BCUT2D eigenvalue weighted by Crippen LogP contribution is -2.48. The molecular formula is C24H32O2. The Hall–Kier alpha value is -1.02. The Morgan fingerprint density at radius 1 is 0.923 bits per heavy atom. The van der Waals surface area contributed by atoms with E-state index in [0.717, 1.165) is 43.4 Å². The Bertz CT molecular complexity index is 730. The van der Waals surface area contributed by atoms with Gasteiger partial charge < -0.3 is 10.2 Å². The fourth-order valence-corrected chi connectivity index (χ4v) is 8.46. The Labute approximate surface area is 157 Å². The minimum Gasteiger partial charge on any atom is -0.508 e. The number of aromatic hydroxyl groups is 1. The van der Waals surface area contributed by atoms with Gasteiger partial charge in [0.15, 0.2) is 0 Å². The zero-order valence-electron chi connectivity index (χ0n) is 16.0. The van der Waals surface area contributed by atoms with Gasteiger partial charge in [-0.25, -0.2) is 0 Å². The second-order valence-corrected chi connectivity index (χ2v) is 11.0. The van der Waals surface area contributed by atoms with Crippen LogP contribution in [0.1, 0.15) is 75.0 Å². The van der Waals surface area contributed by atoms with E-state index in [1.807, 2.05) is 0 Å². The largest absolute Gasteiger partial charge is 0.508 e. The molecule has 0 aromatic heterocycles. The van der Waals surface area contributed by atoms with Crippen molar-refractivity contribution in [2.24, 2.45) is 29.1 Å². The molecule has 0 radical (unpaired) electrons. The molecule has 140 valence electrons. The van der Waals surface area contributed by atoms with Gasteiger partial charge in [0.1, 0.15) is 5.75 Å². The van der Waals surface area contributed by atoms with Crippen LogP contribution in [0, 0.1) is 29.1 Å². The van der Waals surface area contributed by atoms with E-state index in [0.29, 0.717) is 11.7 Å². The first-order chi connectivity index (χ1) is 12.5. The molecule has 0 saturated heterocycles. The van der Waals surface area contributed by atoms with Crippen LogP contribution in [0.25, 0.3) is 0 Å². The van der Waals surface area contributed by atoms with E-state index in [1.54, 1.807) is 0 Å². The molecule has 4 bridgehead atoms. The Kier molecular flexibility index (Phi) is 3.12. The second kappa shape index (κ2) is 5.07. The zero-order chi connectivity index (χ0) is 17.7. The van der Waals surface area contributed by atoms with Crippen molar-refractivity contribution in [3.63, 3.8) is 0 Å². The summed E-state index contributed by atoms with van der Waals surface area (Å²) >= 11 is 0. The van der Waals surface area contributed by atoms with Crippen molar-refractivity contribution in [3.05, 3.63) is 28.8 Å². The van der Waals surface area contributed by atoms with Crippen LogP contribution in [-0.4, -0.2) is 16.3 Å². The molecule has 7 rings (SSSR count). The van der Waals surface area contributed by atoms with Crippen molar-refractivity contribution in [1.82, 2.24) is 0 Å². The van der Waals surface area contributed by atoms with Crippen molar-refractivity contribution >= 4 is 0 Å². The van der Waals surface area contributed by atoms with Gasteiger partial charge in [-0.2, -0.15) is 0 Å². The van der Waals surface area contributed by atoms with Crippen molar-refractivity contribution in [3.8, 4) is 5.75 Å². The zero-order valence-corrected chi connectivity index (χ0v) is 16.0. The number of benzene rings is 1. The van der Waals surface area contributed by atoms with E-state index in [4.69, 9.17) is 0 Å². The van der Waals surface area contributed by atoms with Crippen LogP contribution in [-0.2, 0) is 18.3 Å². The van der Waals surface area contributed by atoms with Crippen LogP contribution in [0.2, 0.25) is 0 Å². The maximum Gasteiger partial charge on any atom is 0.119 e. The SMILES string of the molecule is C[C@]12Cc3cc(C45CC6CC(CC(C6)C4)C5)c(O)cc3C[C@@H]1CC[C@@H]2O. The standard InChI is InChI=1S/C24H32O2/c1-23-13-18-8-20(21(25)9-17(18)7-19(23)2-3-22(23)26)24-10-14-4-15(11-24)6-16(5-14)12-24/h8-9,14-16,19,22,25-26H,2-7,10-13H2,1H3/t14?,15?,16?,19-,22-,23-,24?/m0/s1. The smallest absolute Gasteiger partial charge is 0.119 e. The first kappa shape index (κ1) is 16.0. The van der Waals surface area contributed by atoms with E-state index in [9.17, 15) is 10.2 Å². The highest BCUT2D eigenvalue weighted by molar-refractivity contribution is 5.49. The second-order valence-electron chi connectivity index (χ2n) is 11.0. The molecule has 5 fully saturated rings. The number of rotatable bonds is 1. The van der Waals surface area contributed by atoms with Gasteiger partial charge in [0.2, 0.25) is 0 Å². The van der Waals surface area contributed by atoms with Crippen LogP contribution in [0.4, 0.5) is 0 Å². The van der Waals surface area contributed by atoms with E-state index >= 15 is 0 Å². The summed E-state index contributed by atoms with van der Waals surface area (Å²) < 4.78 is 0. The Morgan fingerprint density at radius 2 is 1.58 bits per heavy atom. The van der Waals surface area contributed by atoms with Crippen molar-refractivity contribution < 1.29 is 10.2 Å². The molecule has 5 saturated carbocycles. The number of aliphatic hydroxyl groups excluding tert-OH is 1. The highest BCUT2D eigenvalue weighted by Gasteiger charge is 2.53. The molecule has 6 aliphatic carbocycles.